The molecule has 1 aliphatic heterocycles. The summed E-state index contributed by atoms with van der Waals surface area (Å²) in [6.07, 6.45) is 1.97. The van der Waals surface area contributed by atoms with Gasteiger partial charge < -0.3 is 15.0 Å². The van der Waals surface area contributed by atoms with Gasteiger partial charge in [0.2, 0.25) is 5.91 Å². The largest absolute Gasteiger partial charge is 0.455 e. The summed E-state index contributed by atoms with van der Waals surface area (Å²) in [5.41, 5.74) is 0.728. The lowest BCUT2D eigenvalue weighted by atomic mass is 10.1. The molecule has 140 valence electrons. The number of carbonyl (C=O) groups is 4. The SMILES string of the molecule is CCNC(=O)NC(=O)COC(=O)[C@H]1CC(=O)N(c2cccc(SC)c2)C1. The fraction of sp³-hybridized carbons (Fsp3) is 0.412. The molecule has 0 aliphatic carbocycles. The highest BCUT2D eigenvalue weighted by Gasteiger charge is 2.36. The minimum Gasteiger partial charge on any atom is -0.455 e. The number of benzene rings is 1. The standard InChI is InChI=1S/C17H21N3O5S/c1-3-18-17(24)19-14(21)10-25-16(23)11-7-15(22)20(9-11)12-5-4-6-13(8-12)26-2/h4-6,8,11H,3,7,9-10H2,1-2H3,(H2,18,19,21,24)/t11-/m0/s1. The molecule has 2 N–H and O–H groups in total. The molecular weight excluding hydrogens is 358 g/mol. The monoisotopic (exact) mass is 379 g/mol. The molecule has 0 saturated carbocycles. The van der Waals surface area contributed by atoms with Gasteiger partial charge in [-0.15, -0.1) is 11.8 Å². The molecule has 1 atom stereocenters. The average Bonchev–Trinajstić information content (AvgIpc) is 3.01. The predicted octanol–water partition coefficient (Wildman–Crippen LogP) is 1.15. The maximum absolute atomic E-state index is 12.2. The molecule has 2 rings (SSSR count). The van der Waals surface area contributed by atoms with Crippen LogP contribution in [0.25, 0.3) is 0 Å². The van der Waals surface area contributed by atoms with E-state index in [1.165, 1.54) is 0 Å². The summed E-state index contributed by atoms with van der Waals surface area (Å²) in [6, 6.07) is 6.84. The van der Waals surface area contributed by atoms with E-state index >= 15 is 0 Å². The smallest absolute Gasteiger partial charge is 0.321 e. The topological polar surface area (TPSA) is 105 Å². The molecule has 0 bridgehead atoms. The number of esters is 1. The van der Waals surface area contributed by atoms with Crippen molar-refractivity contribution in [3.05, 3.63) is 24.3 Å². The quantitative estimate of drug-likeness (QED) is 0.567. The predicted molar refractivity (Wildman–Crippen MR) is 96.9 cm³/mol. The summed E-state index contributed by atoms with van der Waals surface area (Å²) in [6.45, 7) is 1.72. The van der Waals surface area contributed by atoms with Crippen LogP contribution in [0.2, 0.25) is 0 Å². The molecular formula is C17H21N3O5S. The zero-order valence-corrected chi connectivity index (χ0v) is 15.4. The third kappa shape index (κ3) is 5.22. The summed E-state index contributed by atoms with van der Waals surface area (Å²) >= 11 is 1.56. The van der Waals surface area contributed by atoms with E-state index in [1.807, 2.05) is 35.8 Å². The van der Waals surface area contributed by atoms with Crippen molar-refractivity contribution in [3.8, 4) is 0 Å². The number of thioether (sulfide) groups is 1. The number of hydrogen-bond acceptors (Lipinski definition) is 6. The van der Waals surface area contributed by atoms with Gasteiger partial charge in [0.1, 0.15) is 0 Å². The van der Waals surface area contributed by atoms with Crippen LogP contribution >= 0.6 is 11.8 Å². The van der Waals surface area contributed by atoms with Crippen molar-refractivity contribution >= 4 is 41.3 Å². The zero-order chi connectivity index (χ0) is 19.1. The van der Waals surface area contributed by atoms with Gasteiger partial charge in [-0.05, 0) is 31.4 Å². The molecule has 26 heavy (non-hydrogen) atoms. The Balaban J connectivity index is 1.88. The van der Waals surface area contributed by atoms with Gasteiger partial charge in [0, 0.05) is 30.1 Å². The number of carbonyl (C=O) groups excluding carboxylic acids is 4. The van der Waals surface area contributed by atoms with Crippen molar-refractivity contribution in [3.63, 3.8) is 0 Å². The Morgan fingerprint density at radius 1 is 1.35 bits per heavy atom. The van der Waals surface area contributed by atoms with Crippen molar-refractivity contribution in [1.29, 1.82) is 0 Å². The van der Waals surface area contributed by atoms with Gasteiger partial charge in [0.25, 0.3) is 5.91 Å². The number of urea groups is 1. The number of rotatable bonds is 6. The van der Waals surface area contributed by atoms with Crippen molar-refractivity contribution in [1.82, 2.24) is 10.6 Å². The molecule has 0 unspecified atom stereocenters. The third-order valence-corrected chi connectivity index (χ3v) is 4.48. The molecule has 0 radical (unpaired) electrons. The Morgan fingerprint density at radius 3 is 2.81 bits per heavy atom. The fourth-order valence-electron chi connectivity index (χ4n) is 2.52. The number of nitrogens with zero attached hydrogens (tertiary/aromatic N) is 1. The minimum atomic E-state index is -0.724. The summed E-state index contributed by atoms with van der Waals surface area (Å²) in [7, 11) is 0. The lowest BCUT2D eigenvalue weighted by molar-refractivity contribution is -0.152. The van der Waals surface area contributed by atoms with E-state index in [2.05, 4.69) is 5.32 Å². The van der Waals surface area contributed by atoms with Crippen LogP contribution in [0.4, 0.5) is 10.5 Å². The first-order valence-electron chi connectivity index (χ1n) is 8.13. The van der Waals surface area contributed by atoms with Gasteiger partial charge in [0.05, 0.1) is 5.92 Å². The van der Waals surface area contributed by atoms with Gasteiger partial charge >= 0.3 is 12.0 Å². The Kier molecular flexibility index (Phi) is 7.02. The molecule has 1 heterocycles. The summed E-state index contributed by atoms with van der Waals surface area (Å²) < 4.78 is 4.93. The fourth-order valence-corrected chi connectivity index (χ4v) is 2.97. The number of imide groups is 1. The van der Waals surface area contributed by atoms with Crippen LogP contribution < -0.4 is 15.5 Å². The Bertz CT molecular complexity index is 709. The highest BCUT2D eigenvalue weighted by molar-refractivity contribution is 7.98. The van der Waals surface area contributed by atoms with E-state index in [1.54, 1.807) is 23.6 Å². The van der Waals surface area contributed by atoms with E-state index in [0.717, 1.165) is 10.6 Å². The molecule has 1 fully saturated rings. The summed E-state index contributed by atoms with van der Waals surface area (Å²) in [4.78, 5) is 49.7. The second-order valence-corrected chi connectivity index (χ2v) is 6.50. The van der Waals surface area contributed by atoms with Crippen LogP contribution in [0.5, 0.6) is 0 Å². The number of amides is 4. The number of nitrogens with one attached hydrogen (secondary N) is 2. The molecule has 1 aliphatic rings. The van der Waals surface area contributed by atoms with E-state index < -0.39 is 30.4 Å². The van der Waals surface area contributed by atoms with E-state index in [0.29, 0.717) is 6.54 Å². The van der Waals surface area contributed by atoms with Crippen LogP contribution in [0, 0.1) is 5.92 Å². The van der Waals surface area contributed by atoms with E-state index in [9.17, 15) is 19.2 Å². The van der Waals surface area contributed by atoms with E-state index in [4.69, 9.17) is 4.74 Å². The van der Waals surface area contributed by atoms with Crippen molar-refractivity contribution in [2.45, 2.75) is 18.2 Å². The molecule has 8 nitrogen and oxygen atoms in total. The van der Waals surface area contributed by atoms with Gasteiger partial charge in [-0.1, -0.05) is 6.07 Å². The minimum absolute atomic E-state index is 0.0280. The zero-order valence-electron chi connectivity index (χ0n) is 14.6. The second kappa shape index (κ2) is 9.23. The highest BCUT2D eigenvalue weighted by atomic mass is 32.2. The molecule has 4 amide bonds. The summed E-state index contributed by atoms with van der Waals surface area (Å²) in [5.74, 6) is -2.17. The van der Waals surface area contributed by atoms with Crippen LogP contribution in [0.15, 0.2) is 29.2 Å². The van der Waals surface area contributed by atoms with Crippen LogP contribution in [-0.2, 0) is 19.1 Å². The van der Waals surface area contributed by atoms with Gasteiger partial charge in [0.15, 0.2) is 6.61 Å². The Hall–Kier alpha value is -2.55. The van der Waals surface area contributed by atoms with Crippen molar-refractivity contribution in [2.24, 2.45) is 5.92 Å². The molecule has 0 spiro atoms. The van der Waals surface area contributed by atoms with E-state index in [-0.39, 0.29) is 18.9 Å². The lowest BCUT2D eigenvalue weighted by Crippen LogP contribution is -2.41. The number of anilines is 1. The number of hydrogen-bond donors (Lipinski definition) is 2. The van der Waals surface area contributed by atoms with Crippen molar-refractivity contribution < 1.29 is 23.9 Å². The van der Waals surface area contributed by atoms with Crippen LogP contribution in [0.3, 0.4) is 0 Å². The average molecular weight is 379 g/mol. The maximum atomic E-state index is 12.2. The Morgan fingerprint density at radius 2 is 2.12 bits per heavy atom. The van der Waals surface area contributed by atoms with Gasteiger partial charge in [-0.25, -0.2) is 4.79 Å². The van der Waals surface area contributed by atoms with Gasteiger partial charge in [-0.3, -0.25) is 19.7 Å². The van der Waals surface area contributed by atoms with Crippen LogP contribution in [0.1, 0.15) is 13.3 Å². The third-order valence-electron chi connectivity index (χ3n) is 3.76. The van der Waals surface area contributed by atoms with Crippen molar-refractivity contribution in [2.75, 3.05) is 30.9 Å². The molecule has 0 aromatic heterocycles. The first-order valence-corrected chi connectivity index (χ1v) is 9.35. The highest BCUT2D eigenvalue weighted by Crippen LogP contribution is 2.28. The molecule has 1 aromatic carbocycles. The number of ether oxygens (including phenoxy) is 1. The lowest BCUT2D eigenvalue weighted by Gasteiger charge is -2.17. The first-order chi connectivity index (χ1) is 12.4. The van der Waals surface area contributed by atoms with Crippen LogP contribution in [-0.4, -0.2) is 49.8 Å². The second-order valence-electron chi connectivity index (χ2n) is 5.62. The first kappa shape index (κ1) is 19.8. The molecule has 1 saturated heterocycles. The summed E-state index contributed by atoms with van der Waals surface area (Å²) in [5, 5.41) is 4.43. The normalized spacial score (nSPS) is 16.3. The maximum Gasteiger partial charge on any atom is 0.321 e. The molecule has 9 heteroatoms. The van der Waals surface area contributed by atoms with Gasteiger partial charge in [-0.2, -0.15) is 0 Å². The Labute approximate surface area is 155 Å². The molecule has 1 aromatic rings.